The molecule has 0 atom stereocenters. The lowest BCUT2D eigenvalue weighted by Crippen LogP contribution is -2.36. The van der Waals surface area contributed by atoms with Crippen LogP contribution in [0.5, 0.6) is 5.75 Å². The molecule has 0 amide bonds. The Morgan fingerprint density at radius 1 is 1.07 bits per heavy atom. The summed E-state index contributed by atoms with van der Waals surface area (Å²) in [5.74, 6) is 1.28. The summed E-state index contributed by atoms with van der Waals surface area (Å²) in [5, 5.41) is 6.55. The molecule has 2 rings (SSSR count). The largest absolute Gasteiger partial charge is 0.491 e. The summed E-state index contributed by atoms with van der Waals surface area (Å²) in [6.07, 6.45) is 0.109. The highest BCUT2D eigenvalue weighted by Crippen LogP contribution is 2.21. The highest BCUT2D eigenvalue weighted by molar-refractivity contribution is 14.0. The first-order chi connectivity index (χ1) is 13.4. The Labute approximate surface area is 190 Å². The van der Waals surface area contributed by atoms with Gasteiger partial charge in [-0.1, -0.05) is 18.2 Å². The Morgan fingerprint density at radius 2 is 1.79 bits per heavy atom. The van der Waals surface area contributed by atoms with Gasteiger partial charge in [0.05, 0.1) is 12.7 Å². The number of aliphatic imine (C=N–C) groups is 1. The predicted octanol–water partition coefficient (Wildman–Crippen LogP) is 4.55. The summed E-state index contributed by atoms with van der Waals surface area (Å²) in [7, 11) is 3.27. The minimum atomic E-state index is -0.259. The zero-order valence-electron chi connectivity index (χ0n) is 17.7. The summed E-state index contributed by atoms with van der Waals surface area (Å²) in [4.78, 5) is 4.26. The molecule has 2 N–H and O–H groups in total. The standard InChI is InChI=1S/C22H30FN3O2.HI/c1-15(2)28-21-10-16(3)6-8-18(21)13-26-22(24-4)25-12-17-7-9-20(23)19(11-17)14-27-5;/h6-11,15H,12-14H2,1-5H3,(H2,24,25,26);1H. The first kappa shape index (κ1) is 25.2. The molecule has 2 aromatic rings. The third-order valence-corrected chi connectivity index (χ3v) is 4.13. The fraction of sp³-hybridized carbons (Fsp3) is 0.409. The van der Waals surface area contributed by atoms with Crippen molar-refractivity contribution in [3.8, 4) is 5.75 Å². The zero-order chi connectivity index (χ0) is 20.5. The van der Waals surface area contributed by atoms with Crippen molar-refractivity contribution < 1.29 is 13.9 Å². The van der Waals surface area contributed by atoms with E-state index in [0.29, 0.717) is 24.6 Å². The van der Waals surface area contributed by atoms with Gasteiger partial charge < -0.3 is 20.1 Å². The molecule has 160 valence electrons. The Hall–Kier alpha value is -1.87. The van der Waals surface area contributed by atoms with Crippen molar-refractivity contribution in [2.45, 2.75) is 46.6 Å². The first-order valence-corrected chi connectivity index (χ1v) is 9.40. The summed E-state index contributed by atoms with van der Waals surface area (Å²) in [6.45, 7) is 7.44. The molecule has 0 aliphatic rings. The Morgan fingerprint density at radius 3 is 2.45 bits per heavy atom. The smallest absolute Gasteiger partial charge is 0.191 e. The van der Waals surface area contributed by atoms with E-state index in [1.54, 1.807) is 26.3 Å². The Kier molecular flexibility index (Phi) is 11.0. The topological polar surface area (TPSA) is 54.9 Å². The molecule has 0 bridgehead atoms. The van der Waals surface area contributed by atoms with Gasteiger partial charge in [-0.25, -0.2) is 4.39 Å². The second-order valence-electron chi connectivity index (χ2n) is 6.92. The summed E-state index contributed by atoms with van der Waals surface area (Å²) >= 11 is 0. The molecule has 0 fully saturated rings. The fourth-order valence-corrected chi connectivity index (χ4v) is 2.76. The molecule has 0 aromatic heterocycles. The van der Waals surface area contributed by atoms with E-state index in [2.05, 4.69) is 27.8 Å². The van der Waals surface area contributed by atoms with Gasteiger partial charge in [-0.15, -0.1) is 24.0 Å². The molecule has 0 saturated carbocycles. The van der Waals surface area contributed by atoms with Crippen LogP contribution in [-0.4, -0.2) is 26.2 Å². The average Bonchev–Trinajstić information content (AvgIpc) is 2.65. The molecule has 0 heterocycles. The maximum absolute atomic E-state index is 13.7. The van der Waals surface area contributed by atoms with Gasteiger partial charge in [-0.3, -0.25) is 4.99 Å². The molecular formula is C22H31FIN3O2. The minimum absolute atomic E-state index is 0. The van der Waals surface area contributed by atoms with E-state index in [0.717, 1.165) is 22.4 Å². The van der Waals surface area contributed by atoms with Crippen LogP contribution in [0.25, 0.3) is 0 Å². The van der Waals surface area contributed by atoms with Crippen molar-refractivity contribution in [2.24, 2.45) is 4.99 Å². The van der Waals surface area contributed by atoms with Crippen LogP contribution in [0.2, 0.25) is 0 Å². The van der Waals surface area contributed by atoms with Crippen LogP contribution in [0.3, 0.4) is 0 Å². The van der Waals surface area contributed by atoms with Gasteiger partial charge in [0.15, 0.2) is 5.96 Å². The number of rotatable bonds is 8. The van der Waals surface area contributed by atoms with Crippen LogP contribution in [0.4, 0.5) is 4.39 Å². The highest BCUT2D eigenvalue weighted by Gasteiger charge is 2.08. The second-order valence-corrected chi connectivity index (χ2v) is 6.92. The van der Waals surface area contributed by atoms with E-state index in [-0.39, 0.29) is 42.5 Å². The third-order valence-electron chi connectivity index (χ3n) is 4.13. The van der Waals surface area contributed by atoms with Gasteiger partial charge >= 0.3 is 0 Å². The molecule has 7 heteroatoms. The number of nitrogens with one attached hydrogen (secondary N) is 2. The lowest BCUT2D eigenvalue weighted by Gasteiger charge is -2.17. The number of nitrogens with zero attached hydrogens (tertiary/aromatic N) is 1. The monoisotopic (exact) mass is 515 g/mol. The second kappa shape index (κ2) is 12.6. The van der Waals surface area contributed by atoms with Crippen molar-refractivity contribution in [3.05, 3.63) is 64.5 Å². The molecule has 0 unspecified atom stereocenters. The zero-order valence-corrected chi connectivity index (χ0v) is 20.0. The van der Waals surface area contributed by atoms with E-state index < -0.39 is 0 Å². The van der Waals surface area contributed by atoms with Crippen molar-refractivity contribution in [2.75, 3.05) is 14.2 Å². The van der Waals surface area contributed by atoms with Crippen LogP contribution >= 0.6 is 24.0 Å². The summed E-state index contributed by atoms with van der Waals surface area (Å²) < 4.78 is 24.7. The quantitative estimate of drug-likeness (QED) is 0.308. The van der Waals surface area contributed by atoms with Crippen molar-refractivity contribution in [1.82, 2.24) is 10.6 Å². The highest BCUT2D eigenvalue weighted by atomic mass is 127. The molecule has 0 saturated heterocycles. The van der Waals surface area contributed by atoms with Crippen LogP contribution in [0.15, 0.2) is 41.4 Å². The molecule has 5 nitrogen and oxygen atoms in total. The lowest BCUT2D eigenvalue weighted by atomic mass is 10.1. The number of hydrogen-bond acceptors (Lipinski definition) is 3. The van der Waals surface area contributed by atoms with E-state index in [1.807, 2.05) is 26.8 Å². The maximum atomic E-state index is 13.7. The summed E-state index contributed by atoms with van der Waals surface area (Å²) in [5.41, 5.74) is 3.71. The van der Waals surface area contributed by atoms with E-state index in [1.165, 1.54) is 6.07 Å². The van der Waals surface area contributed by atoms with Crippen LogP contribution < -0.4 is 15.4 Å². The summed E-state index contributed by atoms with van der Waals surface area (Å²) in [6, 6.07) is 11.2. The average molecular weight is 515 g/mol. The van der Waals surface area contributed by atoms with Crippen molar-refractivity contribution in [1.29, 1.82) is 0 Å². The third kappa shape index (κ3) is 8.18. The fourth-order valence-electron chi connectivity index (χ4n) is 2.76. The van der Waals surface area contributed by atoms with Crippen LogP contribution in [0, 0.1) is 12.7 Å². The Bertz CT molecular complexity index is 813. The van der Waals surface area contributed by atoms with Gasteiger partial charge in [0.25, 0.3) is 0 Å². The van der Waals surface area contributed by atoms with E-state index >= 15 is 0 Å². The van der Waals surface area contributed by atoms with Crippen LogP contribution in [-0.2, 0) is 24.4 Å². The van der Waals surface area contributed by atoms with Gasteiger partial charge in [-0.05, 0) is 50.1 Å². The van der Waals surface area contributed by atoms with Gasteiger partial charge in [-0.2, -0.15) is 0 Å². The molecule has 0 radical (unpaired) electrons. The van der Waals surface area contributed by atoms with Crippen molar-refractivity contribution in [3.63, 3.8) is 0 Å². The normalized spacial score (nSPS) is 11.2. The van der Waals surface area contributed by atoms with Crippen molar-refractivity contribution >= 4 is 29.9 Å². The number of guanidine groups is 1. The SMILES string of the molecule is CN=C(NCc1ccc(F)c(COC)c1)NCc1ccc(C)cc1OC(C)C.I. The van der Waals surface area contributed by atoms with Gasteiger partial charge in [0.1, 0.15) is 11.6 Å². The number of halogens is 2. The molecule has 0 aliphatic carbocycles. The molecule has 0 spiro atoms. The minimum Gasteiger partial charge on any atom is -0.491 e. The Balaban J connectivity index is 0.00000420. The molecule has 0 aliphatic heterocycles. The maximum Gasteiger partial charge on any atom is 0.191 e. The number of hydrogen-bond donors (Lipinski definition) is 2. The predicted molar refractivity (Wildman–Crippen MR) is 127 cm³/mol. The van der Waals surface area contributed by atoms with E-state index in [4.69, 9.17) is 9.47 Å². The molecule has 2 aromatic carbocycles. The number of methoxy groups -OCH3 is 1. The van der Waals surface area contributed by atoms with Gasteiger partial charge in [0, 0.05) is 38.4 Å². The number of aryl methyl sites for hydroxylation is 1. The molecule has 29 heavy (non-hydrogen) atoms. The number of benzene rings is 2. The lowest BCUT2D eigenvalue weighted by molar-refractivity contribution is 0.181. The number of ether oxygens (including phenoxy) is 2. The van der Waals surface area contributed by atoms with Crippen LogP contribution in [0.1, 0.15) is 36.1 Å². The first-order valence-electron chi connectivity index (χ1n) is 9.40. The van der Waals surface area contributed by atoms with Gasteiger partial charge in [0.2, 0.25) is 0 Å². The molecular weight excluding hydrogens is 484 g/mol. The van der Waals surface area contributed by atoms with E-state index in [9.17, 15) is 4.39 Å².